The molecule has 0 heterocycles. The van der Waals surface area contributed by atoms with Gasteiger partial charge in [0.2, 0.25) is 0 Å². The van der Waals surface area contributed by atoms with Gasteiger partial charge >= 0.3 is 5.97 Å². The lowest BCUT2D eigenvalue weighted by Crippen LogP contribution is -2.72. The van der Waals surface area contributed by atoms with Crippen LogP contribution in [0.1, 0.15) is 24.8 Å². The molecule has 3 saturated carbocycles. The molecule has 0 aliphatic heterocycles. The standard InChI is InChI=1S/C14H15ClFNO2/c1-19-12(18)11(17)14-5-13(6-14,7-14)9-3-2-8(16)4-10(9)15/h2-4,11H,5-7,17H2,1H3. The monoisotopic (exact) mass is 283 g/mol. The predicted molar refractivity (Wildman–Crippen MR) is 69.4 cm³/mol. The fourth-order valence-electron chi connectivity index (χ4n) is 3.78. The predicted octanol–water partition coefficient (Wildman–Crippen LogP) is 2.40. The lowest BCUT2D eigenvalue weighted by atomic mass is 9.31. The van der Waals surface area contributed by atoms with E-state index < -0.39 is 6.04 Å². The zero-order valence-electron chi connectivity index (χ0n) is 10.6. The number of hydrogen-bond donors (Lipinski definition) is 1. The minimum absolute atomic E-state index is 0.0174. The molecule has 4 rings (SSSR count). The Bertz CT molecular complexity index is 541. The Morgan fingerprint density at radius 2 is 2.11 bits per heavy atom. The molecule has 19 heavy (non-hydrogen) atoms. The third-order valence-corrected chi connectivity index (χ3v) is 5.00. The SMILES string of the molecule is COC(=O)C(N)C12CC(c3ccc(F)cc3Cl)(C1)C2. The highest BCUT2D eigenvalue weighted by Gasteiger charge is 2.72. The number of hydrogen-bond acceptors (Lipinski definition) is 3. The third-order valence-electron chi connectivity index (χ3n) is 4.69. The van der Waals surface area contributed by atoms with Crippen LogP contribution < -0.4 is 5.73 Å². The molecule has 3 nitrogen and oxygen atoms in total. The molecule has 1 atom stereocenters. The lowest BCUT2D eigenvalue weighted by molar-refractivity contribution is -0.181. The van der Waals surface area contributed by atoms with Crippen LogP contribution in [0.5, 0.6) is 0 Å². The average molecular weight is 284 g/mol. The first-order valence-electron chi connectivity index (χ1n) is 6.21. The number of methoxy groups -OCH3 is 1. The molecule has 5 heteroatoms. The van der Waals surface area contributed by atoms with Crippen LogP contribution in [-0.4, -0.2) is 19.1 Å². The fraction of sp³-hybridized carbons (Fsp3) is 0.500. The second-order valence-electron chi connectivity index (χ2n) is 5.80. The van der Waals surface area contributed by atoms with Gasteiger partial charge in [0.1, 0.15) is 11.9 Å². The first-order valence-corrected chi connectivity index (χ1v) is 6.59. The number of ether oxygens (including phenoxy) is 1. The van der Waals surface area contributed by atoms with Crippen LogP contribution in [0.25, 0.3) is 0 Å². The van der Waals surface area contributed by atoms with Gasteiger partial charge in [0.25, 0.3) is 0 Å². The first kappa shape index (κ1) is 12.9. The van der Waals surface area contributed by atoms with Crippen molar-refractivity contribution in [2.24, 2.45) is 11.1 Å². The molecule has 0 spiro atoms. The van der Waals surface area contributed by atoms with Gasteiger partial charge in [-0.2, -0.15) is 0 Å². The molecule has 1 aromatic rings. The summed E-state index contributed by atoms with van der Waals surface area (Å²) in [5.74, 6) is -0.695. The van der Waals surface area contributed by atoms with E-state index in [1.165, 1.54) is 19.2 Å². The number of benzene rings is 1. The molecule has 0 amide bonds. The Kier molecular flexibility index (Phi) is 2.67. The Hall–Kier alpha value is -1.13. The summed E-state index contributed by atoms with van der Waals surface area (Å²) in [5.41, 5.74) is 6.74. The molecule has 2 bridgehead atoms. The van der Waals surface area contributed by atoms with E-state index in [1.807, 2.05) is 0 Å². The number of halogens is 2. The van der Waals surface area contributed by atoms with Crippen molar-refractivity contribution in [2.75, 3.05) is 7.11 Å². The van der Waals surface area contributed by atoms with Crippen molar-refractivity contribution in [1.29, 1.82) is 0 Å². The fourth-order valence-corrected chi connectivity index (χ4v) is 4.15. The highest BCUT2D eigenvalue weighted by atomic mass is 35.5. The molecule has 3 aliphatic rings. The van der Waals surface area contributed by atoms with E-state index in [2.05, 4.69) is 0 Å². The summed E-state index contributed by atoms with van der Waals surface area (Å²) in [7, 11) is 1.35. The van der Waals surface area contributed by atoms with Crippen molar-refractivity contribution < 1.29 is 13.9 Å². The molecule has 0 radical (unpaired) electrons. The topological polar surface area (TPSA) is 52.3 Å². The molecule has 0 aromatic heterocycles. The smallest absolute Gasteiger partial charge is 0.323 e. The number of nitrogens with two attached hydrogens (primary N) is 1. The Morgan fingerprint density at radius 3 is 2.63 bits per heavy atom. The van der Waals surface area contributed by atoms with Crippen LogP contribution >= 0.6 is 11.6 Å². The van der Waals surface area contributed by atoms with E-state index in [1.54, 1.807) is 6.07 Å². The molecule has 2 N–H and O–H groups in total. The maximum Gasteiger partial charge on any atom is 0.323 e. The van der Waals surface area contributed by atoms with Crippen molar-refractivity contribution in [2.45, 2.75) is 30.7 Å². The van der Waals surface area contributed by atoms with Crippen molar-refractivity contribution in [1.82, 2.24) is 0 Å². The van der Waals surface area contributed by atoms with Crippen LogP contribution in [0, 0.1) is 11.2 Å². The van der Waals surface area contributed by atoms with E-state index in [0.29, 0.717) is 5.02 Å². The summed E-state index contributed by atoms with van der Waals surface area (Å²) >= 11 is 6.10. The van der Waals surface area contributed by atoms with Gasteiger partial charge in [0.05, 0.1) is 7.11 Å². The van der Waals surface area contributed by atoms with Gasteiger partial charge in [-0.3, -0.25) is 4.79 Å². The second-order valence-corrected chi connectivity index (χ2v) is 6.21. The molecular formula is C14H15ClFNO2. The average Bonchev–Trinajstić information content (AvgIpc) is 2.27. The van der Waals surface area contributed by atoms with Crippen LogP contribution in [0.15, 0.2) is 18.2 Å². The number of carbonyl (C=O) groups excluding carboxylic acids is 1. The number of rotatable bonds is 3. The van der Waals surface area contributed by atoms with E-state index >= 15 is 0 Å². The van der Waals surface area contributed by atoms with Crippen LogP contribution in [0.4, 0.5) is 4.39 Å². The van der Waals surface area contributed by atoms with Gasteiger partial charge in [-0.1, -0.05) is 17.7 Å². The van der Waals surface area contributed by atoms with E-state index in [0.717, 1.165) is 24.8 Å². The summed E-state index contributed by atoms with van der Waals surface area (Å²) in [4.78, 5) is 11.5. The van der Waals surface area contributed by atoms with Gasteiger partial charge < -0.3 is 10.5 Å². The van der Waals surface area contributed by atoms with E-state index in [-0.39, 0.29) is 22.6 Å². The summed E-state index contributed by atoms with van der Waals surface area (Å²) < 4.78 is 17.8. The third kappa shape index (κ3) is 1.63. The van der Waals surface area contributed by atoms with Crippen molar-refractivity contribution in [3.8, 4) is 0 Å². The number of esters is 1. The quantitative estimate of drug-likeness (QED) is 0.867. The second kappa shape index (κ2) is 3.93. The van der Waals surface area contributed by atoms with Gasteiger partial charge in [0.15, 0.2) is 0 Å². The number of carbonyl (C=O) groups is 1. The minimum atomic E-state index is -0.571. The largest absolute Gasteiger partial charge is 0.468 e. The summed E-state index contributed by atoms with van der Waals surface area (Å²) in [5, 5.41) is 0.458. The molecule has 102 valence electrons. The van der Waals surface area contributed by atoms with Crippen LogP contribution in [0.2, 0.25) is 5.02 Å². The normalized spacial score (nSPS) is 33.1. The van der Waals surface area contributed by atoms with Crippen molar-refractivity contribution >= 4 is 17.6 Å². The van der Waals surface area contributed by atoms with E-state index in [4.69, 9.17) is 22.1 Å². The van der Waals surface area contributed by atoms with Crippen molar-refractivity contribution in [3.63, 3.8) is 0 Å². The van der Waals surface area contributed by atoms with Gasteiger partial charge in [-0.15, -0.1) is 0 Å². The Morgan fingerprint density at radius 1 is 1.47 bits per heavy atom. The first-order chi connectivity index (χ1) is 8.92. The van der Waals surface area contributed by atoms with Gasteiger partial charge in [0, 0.05) is 5.02 Å². The highest BCUT2D eigenvalue weighted by molar-refractivity contribution is 6.31. The molecule has 1 aromatic carbocycles. The van der Waals surface area contributed by atoms with Crippen molar-refractivity contribution in [3.05, 3.63) is 34.6 Å². The van der Waals surface area contributed by atoms with Gasteiger partial charge in [-0.05, 0) is 47.8 Å². The van der Waals surface area contributed by atoms with Gasteiger partial charge in [-0.25, -0.2) is 4.39 Å². The molecule has 3 fully saturated rings. The Balaban J connectivity index is 1.78. The Labute approximate surface area is 115 Å². The van der Waals surface area contributed by atoms with Crippen LogP contribution in [0.3, 0.4) is 0 Å². The summed E-state index contributed by atoms with van der Waals surface area (Å²) in [6.07, 6.45) is 2.46. The zero-order valence-corrected chi connectivity index (χ0v) is 11.3. The maximum absolute atomic E-state index is 13.1. The summed E-state index contributed by atoms with van der Waals surface area (Å²) in [6, 6.07) is 3.93. The minimum Gasteiger partial charge on any atom is -0.468 e. The molecular weight excluding hydrogens is 269 g/mol. The highest BCUT2D eigenvalue weighted by Crippen LogP contribution is 2.75. The zero-order chi connectivity index (χ0) is 13.8. The lowest BCUT2D eigenvalue weighted by Gasteiger charge is -2.72. The molecule has 3 aliphatic carbocycles. The van der Waals surface area contributed by atoms with E-state index in [9.17, 15) is 9.18 Å². The molecule has 0 saturated heterocycles. The summed E-state index contributed by atoms with van der Waals surface area (Å²) in [6.45, 7) is 0. The van der Waals surface area contributed by atoms with Crippen LogP contribution in [-0.2, 0) is 14.9 Å². The maximum atomic E-state index is 13.1. The molecule has 1 unspecified atom stereocenters.